The quantitative estimate of drug-likeness (QED) is 0.587. The molecule has 0 amide bonds. The molecule has 0 saturated carbocycles. The van der Waals surface area contributed by atoms with Gasteiger partial charge in [0.2, 0.25) is 0 Å². The normalized spacial score (nSPS) is 15.2. The lowest BCUT2D eigenvalue weighted by Crippen LogP contribution is -2.18. The van der Waals surface area contributed by atoms with Gasteiger partial charge in [0, 0.05) is 22.9 Å². The van der Waals surface area contributed by atoms with Gasteiger partial charge in [-0.05, 0) is 0 Å². The first-order valence-corrected chi connectivity index (χ1v) is 3.78. The van der Waals surface area contributed by atoms with E-state index in [0.717, 1.165) is 15.5 Å². The molecule has 2 rings (SSSR count). The van der Waals surface area contributed by atoms with Crippen molar-refractivity contribution in [1.29, 1.82) is 10.8 Å². The Bertz CT molecular complexity index is 337. The average Bonchev–Trinajstić information content (AvgIpc) is 2.33. The standard InChI is InChI=1S/C8H6ClN3/c9-12-7(10)5-3-1-2-4-6(5)8(12)11/h1-4,10-11H. The molecule has 1 aromatic rings. The Hall–Kier alpha value is -1.35. The molecule has 60 valence electrons. The van der Waals surface area contributed by atoms with E-state index in [9.17, 15) is 0 Å². The van der Waals surface area contributed by atoms with Gasteiger partial charge in [0.15, 0.2) is 0 Å². The second kappa shape index (κ2) is 2.32. The maximum absolute atomic E-state index is 7.52. The van der Waals surface area contributed by atoms with Crippen LogP contribution in [0.15, 0.2) is 24.3 Å². The topological polar surface area (TPSA) is 50.9 Å². The number of halogens is 1. The van der Waals surface area contributed by atoms with E-state index in [0.29, 0.717) is 0 Å². The van der Waals surface area contributed by atoms with E-state index in [4.69, 9.17) is 22.6 Å². The Morgan fingerprint density at radius 3 is 1.83 bits per heavy atom. The number of benzene rings is 1. The molecule has 2 N–H and O–H groups in total. The highest BCUT2D eigenvalue weighted by Gasteiger charge is 2.27. The summed E-state index contributed by atoms with van der Waals surface area (Å²) in [6.07, 6.45) is 0. The lowest BCUT2D eigenvalue weighted by atomic mass is 10.1. The van der Waals surface area contributed by atoms with E-state index in [1.54, 1.807) is 12.1 Å². The molecule has 0 atom stereocenters. The first kappa shape index (κ1) is 7.31. The summed E-state index contributed by atoms with van der Waals surface area (Å²) in [5.41, 5.74) is 1.44. The monoisotopic (exact) mass is 179 g/mol. The number of fused-ring (bicyclic) bond motifs is 1. The summed E-state index contributed by atoms with van der Waals surface area (Å²) in [5, 5.41) is 15.0. The van der Waals surface area contributed by atoms with Crippen molar-refractivity contribution in [2.75, 3.05) is 0 Å². The lowest BCUT2D eigenvalue weighted by Gasteiger charge is -2.04. The number of hydrogen-bond acceptors (Lipinski definition) is 2. The Labute approximate surface area is 74.7 Å². The molecule has 0 saturated heterocycles. The van der Waals surface area contributed by atoms with Gasteiger partial charge >= 0.3 is 0 Å². The minimum atomic E-state index is 0.178. The van der Waals surface area contributed by atoms with Crippen LogP contribution in [0.5, 0.6) is 0 Å². The van der Waals surface area contributed by atoms with E-state index in [1.807, 2.05) is 12.1 Å². The van der Waals surface area contributed by atoms with Crippen molar-refractivity contribution in [2.45, 2.75) is 0 Å². The Morgan fingerprint density at radius 2 is 1.42 bits per heavy atom. The molecular formula is C8H6ClN3. The molecule has 3 nitrogen and oxygen atoms in total. The highest BCUT2D eigenvalue weighted by atomic mass is 35.5. The molecule has 1 aliphatic heterocycles. The Morgan fingerprint density at radius 1 is 1.00 bits per heavy atom. The van der Waals surface area contributed by atoms with E-state index in [2.05, 4.69) is 0 Å². The fourth-order valence-corrected chi connectivity index (χ4v) is 1.40. The number of nitrogens with one attached hydrogen (secondary N) is 2. The van der Waals surface area contributed by atoms with Gasteiger partial charge in [0.05, 0.1) is 0 Å². The molecule has 1 aliphatic rings. The van der Waals surface area contributed by atoms with Gasteiger partial charge in [-0.3, -0.25) is 10.8 Å². The number of amidine groups is 2. The first-order chi connectivity index (χ1) is 5.72. The Kier molecular flexibility index (Phi) is 1.41. The predicted octanol–water partition coefficient (Wildman–Crippen LogP) is 1.81. The minimum absolute atomic E-state index is 0.178. The third-order valence-electron chi connectivity index (χ3n) is 1.83. The number of rotatable bonds is 0. The Balaban J connectivity index is 2.67. The lowest BCUT2D eigenvalue weighted by molar-refractivity contribution is 0.980. The van der Waals surface area contributed by atoms with Gasteiger partial charge < -0.3 is 0 Å². The van der Waals surface area contributed by atoms with Crippen molar-refractivity contribution >= 4 is 23.4 Å². The van der Waals surface area contributed by atoms with Crippen LogP contribution in [0.3, 0.4) is 0 Å². The first-order valence-electron chi connectivity index (χ1n) is 3.44. The molecule has 0 aliphatic carbocycles. The fraction of sp³-hybridized carbons (Fsp3) is 0. The van der Waals surface area contributed by atoms with Crippen LogP contribution in [0.2, 0.25) is 0 Å². The summed E-state index contributed by atoms with van der Waals surface area (Å²) in [6, 6.07) is 7.23. The molecule has 0 unspecified atom stereocenters. The summed E-state index contributed by atoms with van der Waals surface area (Å²) in [4.78, 5) is 0. The molecule has 0 aromatic heterocycles. The largest absolute Gasteiger partial charge is 0.283 e. The zero-order valence-electron chi connectivity index (χ0n) is 6.13. The van der Waals surface area contributed by atoms with Crippen LogP contribution >= 0.6 is 11.8 Å². The second-order valence-corrected chi connectivity index (χ2v) is 2.86. The van der Waals surface area contributed by atoms with E-state index < -0.39 is 0 Å². The van der Waals surface area contributed by atoms with E-state index >= 15 is 0 Å². The molecule has 1 heterocycles. The maximum atomic E-state index is 7.52. The van der Waals surface area contributed by atoms with Gasteiger partial charge in [-0.15, -0.1) is 0 Å². The van der Waals surface area contributed by atoms with Crippen molar-refractivity contribution in [3.05, 3.63) is 35.4 Å². The van der Waals surface area contributed by atoms with Gasteiger partial charge in [0.25, 0.3) is 0 Å². The maximum Gasteiger partial charge on any atom is 0.149 e. The van der Waals surface area contributed by atoms with Crippen LogP contribution in [0.25, 0.3) is 0 Å². The van der Waals surface area contributed by atoms with Crippen LogP contribution in [-0.2, 0) is 0 Å². The molecule has 0 fully saturated rings. The van der Waals surface area contributed by atoms with Crippen molar-refractivity contribution in [3.63, 3.8) is 0 Å². The predicted molar refractivity (Wildman–Crippen MR) is 47.8 cm³/mol. The van der Waals surface area contributed by atoms with Crippen molar-refractivity contribution in [3.8, 4) is 0 Å². The van der Waals surface area contributed by atoms with Gasteiger partial charge in [-0.2, -0.15) is 0 Å². The fourth-order valence-electron chi connectivity index (χ4n) is 1.22. The summed E-state index contributed by atoms with van der Waals surface area (Å²) < 4.78 is 1.05. The minimum Gasteiger partial charge on any atom is -0.283 e. The van der Waals surface area contributed by atoms with Crippen LogP contribution in [-0.4, -0.2) is 16.1 Å². The molecule has 12 heavy (non-hydrogen) atoms. The SMILES string of the molecule is N=C1c2ccccc2C(=N)N1Cl. The average molecular weight is 180 g/mol. The second-order valence-electron chi connectivity index (χ2n) is 2.52. The number of hydrogen-bond donors (Lipinski definition) is 2. The van der Waals surface area contributed by atoms with Crippen LogP contribution in [0, 0.1) is 10.8 Å². The summed E-state index contributed by atoms with van der Waals surface area (Å²) >= 11 is 5.66. The summed E-state index contributed by atoms with van der Waals surface area (Å²) in [6.45, 7) is 0. The zero-order valence-corrected chi connectivity index (χ0v) is 6.89. The molecule has 0 spiro atoms. The highest BCUT2D eigenvalue weighted by molar-refractivity contribution is 6.40. The molecule has 1 aromatic carbocycles. The molecule has 0 radical (unpaired) electrons. The van der Waals surface area contributed by atoms with E-state index in [-0.39, 0.29) is 11.7 Å². The van der Waals surface area contributed by atoms with Gasteiger partial charge in [0.1, 0.15) is 11.7 Å². The summed E-state index contributed by atoms with van der Waals surface area (Å²) in [7, 11) is 0. The third-order valence-corrected chi connectivity index (χ3v) is 2.17. The van der Waals surface area contributed by atoms with Crippen molar-refractivity contribution in [2.24, 2.45) is 0 Å². The van der Waals surface area contributed by atoms with Crippen LogP contribution in [0.1, 0.15) is 11.1 Å². The van der Waals surface area contributed by atoms with Gasteiger partial charge in [-0.1, -0.05) is 24.3 Å². The molecule has 0 bridgehead atoms. The zero-order chi connectivity index (χ0) is 8.72. The van der Waals surface area contributed by atoms with E-state index in [1.165, 1.54) is 0 Å². The molecule has 4 heteroatoms. The third kappa shape index (κ3) is 0.769. The van der Waals surface area contributed by atoms with Crippen molar-refractivity contribution < 1.29 is 0 Å². The molecular weight excluding hydrogens is 174 g/mol. The van der Waals surface area contributed by atoms with Crippen LogP contribution in [0.4, 0.5) is 0 Å². The van der Waals surface area contributed by atoms with Gasteiger partial charge in [-0.25, -0.2) is 4.42 Å². The number of nitrogens with zero attached hydrogens (tertiary/aromatic N) is 1. The van der Waals surface area contributed by atoms with Crippen molar-refractivity contribution in [1.82, 2.24) is 4.42 Å². The smallest absolute Gasteiger partial charge is 0.149 e. The van der Waals surface area contributed by atoms with Crippen LogP contribution < -0.4 is 0 Å². The summed E-state index contributed by atoms with van der Waals surface area (Å²) in [5.74, 6) is 0.356. The highest BCUT2D eigenvalue weighted by Crippen LogP contribution is 2.23.